The topological polar surface area (TPSA) is 31.2 Å². The fraction of sp³-hybridized carbons (Fsp3) is 0.250. The SMILES string of the molecule is CCOC(=O)c1cccc(Cn2ccc3cc(CC)ccc32)c1. The first-order chi connectivity index (χ1) is 11.2. The van der Waals surface area contributed by atoms with Crippen molar-refractivity contribution in [1.29, 1.82) is 0 Å². The zero-order chi connectivity index (χ0) is 16.2. The zero-order valence-electron chi connectivity index (χ0n) is 13.6. The molecule has 3 aromatic rings. The Balaban J connectivity index is 1.87. The van der Waals surface area contributed by atoms with E-state index in [1.165, 1.54) is 16.5 Å². The van der Waals surface area contributed by atoms with Crippen molar-refractivity contribution in [3.05, 3.63) is 71.4 Å². The highest BCUT2D eigenvalue weighted by Gasteiger charge is 2.08. The molecule has 3 rings (SSSR count). The molecule has 0 aliphatic heterocycles. The van der Waals surface area contributed by atoms with E-state index in [1.807, 2.05) is 25.1 Å². The molecule has 0 unspecified atom stereocenters. The molecule has 0 atom stereocenters. The second kappa shape index (κ2) is 6.69. The van der Waals surface area contributed by atoms with Gasteiger partial charge in [-0.15, -0.1) is 0 Å². The monoisotopic (exact) mass is 307 g/mol. The van der Waals surface area contributed by atoms with E-state index in [9.17, 15) is 4.79 Å². The summed E-state index contributed by atoms with van der Waals surface area (Å²) in [5.74, 6) is -0.265. The summed E-state index contributed by atoms with van der Waals surface area (Å²) in [5, 5.41) is 1.26. The first kappa shape index (κ1) is 15.3. The highest BCUT2D eigenvalue weighted by Crippen LogP contribution is 2.20. The number of ether oxygens (including phenoxy) is 1. The second-order valence-corrected chi connectivity index (χ2v) is 5.61. The molecule has 0 bridgehead atoms. The smallest absolute Gasteiger partial charge is 0.338 e. The normalized spacial score (nSPS) is 10.9. The molecule has 118 valence electrons. The average molecular weight is 307 g/mol. The third kappa shape index (κ3) is 3.29. The van der Waals surface area contributed by atoms with Gasteiger partial charge in [0.1, 0.15) is 0 Å². The van der Waals surface area contributed by atoms with E-state index in [2.05, 4.69) is 42.0 Å². The Kier molecular flexibility index (Phi) is 4.47. The lowest BCUT2D eigenvalue weighted by molar-refractivity contribution is 0.0526. The molecule has 0 N–H and O–H groups in total. The van der Waals surface area contributed by atoms with Gasteiger partial charge in [-0.2, -0.15) is 0 Å². The Morgan fingerprint density at radius 1 is 1.04 bits per heavy atom. The summed E-state index contributed by atoms with van der Waals surface area (Å²) >= 11 is 0. The van der Waals surface area contributed by atoms with Crippen molar-refractivity contribution in [2.45, 2.75) is 26.8 Å². The standard InChI is InChI=1S/C20H21NO2/c1-3-15-8-9-19-17(12-15)10-11-21(19)14-16-6-5-7-18(13-16)20(22)23-4-2/h5-13H,3-4,14H2,1-2H3. The lowest BCUT2D eigenvalue weighted by Gasteiger charge is -2.08. The Hall–Kier alpha value is -2.55. The van der Waals surface area contributed by atoms with E-state index in [4.69, 9.17) is 4.74 Å². The predicted octanol–water partition coefficient (Wildman–Crippen LogP) is 4.43. The molecule has 3 nitrogen and oxygen atoms in total. The molecule has 0 fully saturated rings. The van der Waals surface area contributed by atoms with Crippen LogP contribution in [-0.4, -0.2) is 17.1 Å². The van der Waals surface area contributed by atoms with Gasteiger partial charge in [0, 0.05) is 18.3 Å². The quantitative estimate of drug-likeness (QED) is 0.653. The van der Waals surface area contributed by atoms with E-state index in [1.54, 1.807) is 6.07 Å². The molecule has 0 aliphatic carbocycles. The minimum absolute atomic E-state index is 0.265. The summed E-state index contributed by atoms with van der Waals surface area (Å²) < 4.78 is 7.28. The van der Waals surface area contributed by atoms with Gasteiger partial charge in [0.2, 0.25) is 0 Å². The van der Waals surface area contributed by atoms with Crippen molar-refractivity contribution in [2.75, 3.05) is 6.61 Å². The van der Waals surface area contributed by atoms with Crippen LogP contribution in [0.3, 0.4) is 0 Å². The minimum Gasteiger partial charge on any atom is -0.462 e. The maximum atomic E-state index is 11.9. The number of rotatable bonds is 5. The molecular weight excluding hydrogens is 286 g/mol. The second-order valence-electron chi connectivity index (χ2n) is 5.61. The maximum Gasteiger partial charge on any atom is 0.338 e. The summed E-state index contributed by atoms with van der Waals surface area (Å²) in [6, 6.07) is 16.4. The summed E-state index contributed by atoms with van der Waals surface area (Å²) in [5.41, 5.74) is 4.25. The molecule has 1 heterocycles. The molecule has 0 amide bonds. The van der Waals surface area contributed by atoms with Crippen molar-refractivity contribution in [3.8, 4) is 0 Å². The molecular formula is C20H21NO2. The van der Waals surface area contributed by atoms with Gasteiger partial charge in [0.15, 0.2) is 0 Å². The zero-order valence-corrected chi connectivity index (χ0v) is 13.6. The Labute approximate surface area is 136 Å². The number of benzene rings is 2. The Morgan fingerprint density at radius 3 is 2.70 bits per heavy atom. The lowest BCUT2D eigenvalue weighted by Crippen LogP contribution is -2.06. The molecule has 0 aliphatic rings. The molecule has 2 aromatic carbocycles. The number of nitrogens with zero attached hydrogens (tertiary/aromatic N) is 1. The highest BCUT2D eigenvalue weighted by atomic mass is 16.5. The number of hydrogen-bond acceptors (Lipinski definition) is 2. The number of aromatic nitrogens is 1. The van der Waals surface area contributed by atoms with Crippen LogP contribution in [0, 0.1) is 0 Å². The van der Waals surface area contributed by atoms with Gasteiger partial charge in [-0.1, -0.05) is 25.1 Å². The maximum absolute atomic E-state index is 11.9. The molecule has 1 aromatic heterocycles. The van der Waals surface area contributed by atoms with Crippen molar-refractivity contribution in [1.82, 2.24) is 4.57 Å². The van der Waals surface area contributed by atoms with Crippen molar-refractivity contribution in [3.63, 3.8) is 0 Å². The van der Waals surface area contributed by atoms with Crippen LogP contribution in [-0.2, 0) is 17.7 Å². The van der Waals surface area contributed by atoms with Crippen LogP contribution in [0.4, 0.5) is 0 Å². The van der Waals surface area contributed by atoms with Gasteiger partial charge in [-0.3, -0.25) is 0 Å². The van der Waals surface area contributed by atoms with Gasteiger partial charge in [0.05, 0.1) is 12.2 Å². The van der Waals surface area contributed by atoms with Crippen LogP contribution in [0.25, 0.3) is 10.9 Å². The van der Waals surface area contributed by atoms with E-state index >= 15 is 0 Å². The van der Waals surface area contributed by atoms with E-state index in [0.29, 0.717) is 12.2 Å². The van der Waals surface area contributed by atoms with Crippen LogP contribution >= 0.6 is 0 Å². The predicted molar refractivity (Wildman–Crippen MR) is 92.8 cm³/mol. The van der Waals surface area contributed by atoms with Crippen molar-refractivity contribution < 1.29 is 9.53 Å². The first-order valence-corrected chi connectivity index (χ1v) is 8.05. The summed E-state index contributed by atoms with van der Waals surface area (Å²) in [6.45, 7) is 5.12. The van der Waals surface area contributed by atoms with E-state index < -0.39 is 0 Å². The third-order valence-electron chi connectivity index (χ3n) is 4.03. The number of hydrogen-bond donors (Lipinski definition) is 0. The Bertz CT molecular complexity index is 833. The van der Waals surface area contributed by atoms with Crippen LogP contribution in [0.2, 0.25) is 0 Å². The molecule has 3 heteroatoms. The van der Waals surface area contributed by atoms with Crippen molar-refractivity contribution in [2.24, 2.45) is 0 Å². The third-order valence-corrected chi connectivity index (χ3v) is 4.03. The minimum atomic E-state index is -0.265. The van der Waals surface area contributed by atoms with Gasteiger partial charge in [-0.05, 0) is 60.2 Å². The van der Waals surface area contributed by atoms with E-state index in [-0.39, 0.29) is 5.97 Å². The largest absolute Gasteiger partial charge is 0.462 e. The molecule has 23 heavy (non-hydrogen) atoms. The lowest BCUT2D eigenvalue weighted by atomic mass is 10.1. The fourth-order valence-electron chi connectivity index (χ4n) is 2.82. The van der Waals surface area contributed by atoms with Crippen molar-refractivity contribution >= 4 is 16.9 Å². The van der Waals surface area contributed by atoms with Crippen LogP contribution in [0.15, 0.2) is 54.7 Å². The van der Waals surface area contributed by atoms with Crippen LogP contribution in [0.1, 0.15) is 35.3 Å². The first-order valence-electron chi connectivity index (χ1n) is 8.05. The fourth-order valence-corrected chi connectivity index (χ4v) is 2.82. The number of carbonyl (C=O) groups is 1. The summed E-state index contributed by atoms with van der Waals surface area (Å²) in [7, 11) is 0. The van der Waals surface area contributed by atoms with Crippen LogP contribution in [0.5, 0.6) is 0 Å². The molecule has 0 spiro atoms. The van der Waals surface area contributed by atoms with Gasteiger partial charge in [-0.25, -0.2) is 4.79 Å². The van der Waals surface area contributed by atoms with E-state index in [0.717, 1.165) is 18.5 Å². The number of aryl methyl sites for hydroxylation is 1. The highest BCUT2D eigenvalue weighted by molar-refractivity contribution is 5.89. The number of carbonyl (C=O) groups excluding carboxylic acids is 1. The van der Waals surface area contributed by atoms with Gasteiger partial charge >= 0.3 is 5.97 Å². The average Bonchev–Trinajstić information content (AvgIpc) is 2.97. The van der Waals surface area contributed by atoms with Gasteiger partial charge < -0.3 is 9.30 Å². The molecule has 0 saturated heterocycles. The Morgan fingerprint density at radius 2 is 1.91 bits per heavy atom. The summed E-state index contributed by atoms with van der Waals surface area (Å²) in [6.07, 6.45) is 3.14. The summed E-state index contributed by atoms with van der Waals surface area (Å²) in [4.78, 5) is 11.9. The molecule has 0 radical (unpaired) electrons. The van der Waals surface area contributed by atoms with Gasteiger partial charge in [0.25, 0.3) is 0 Å². The molecule has 0 saturated carbocycles. The number of fused-ring (bicyclic) bond motifs is 1. The van der Waals surface area contributed by atoms with Crippen LogP contribution < -0.4 is 0 Å². The number of esters is 1.